The fourth-order valence-corrected chi connectivity index (χ4v) is 2.71. The fourth-order valence-electron chi connectivity index (χ4n) is 1.84. The first kappa shape index (κ1) is 15.1. The van der Waals surface area contributed by atoms with Crippen LogP contribution < -0.4 is 0 Å². The minimum absolute atomic E-state index is 0.000670. The lowest BCUT2D eigenvalue weighted by atomic mass is 10.0. The number of halogens is 2. The number of Topliss-reactive ketones (excluding diaryl/α,β-unsaturated/α-hetero) is 1. The summed E-state index contributed by atoms with van der Waals surface area (Å²) in [5.41, 5.74) is 1.37. The van der Waals surface area contributed by atoms with E-state index in [9.17, 15) is 9.18 Å². The van der Waals surface area contributed by atoms with Gasteiger partial charge < -0.3 is 0 Å². The first-order valence-electron chi connectivity index (χ1n) is 6.30. The Morgan fingerprint density at radius 3 is 2.50 bits per heavy atom. The lowest BCUT2D eigenvalue weighted by Gasteiger charge is -2.04. The van der Waals surface area contributed by atoms with Crippen molar-refractivity contribution in [3.8, 4) is 0 Å². The second-order valence-corrected chi connectivity index (χ2v) is 6.05. The van der Waals surface area contributed by atoms with Gasteiger partial charge in [0.05, 0.1) is 5.02 Å². The highest BCUT2D eigenvalue weighted by molar-refractivity contribution is 7.99. The van der Waals surface area contributed by atoms with Gasteiger partial charge in [0, 0.05) is 16.9 Å². The van der Waals surface area contributed by atoms with Crippen molar-refractivity contribution in [2.24, 2.45) is 0 Å². The second kappa shape index (κ2) is 6.91. The Morgan fingerprint density at radius 1 is 1.20 bits per heavy atom. The minimum atomic E-state index is -0.469. The smallest absolute Gasteiger partial charge is 0.167 e. The van der Waals surface area contributed by atoms with Crippen molar-refractivity contribution in [3.05, 3.63) is 64.4 Å². The molecule has 1 nitrogen and oxygen atoms in total. The molecule has 0 heterocycles. The highest BCUT2D eigenvalue weighted by Gasteiger charge is 2.09. The van der Waals surface area contributed by atoms with Crippen molar-refractivity contribution in [1.82, 2.24) is 0 Å². The summed E-state index contributed by atoms with van der Waals surface area (Å²) >= 11 is 7.44. The van der Waals surface area contributed by atoms with Crippen LogP contribution in [0.5, 0.6) is 0 Å². The van der Waals surface area contributed by atoms with Crippen LogP contribution in [0.3, 0.4) is 0 Å². The van der Waals surface area contributed by atoms with E-state index in [1.807, 2.05) is 24.3 Å². The van der Waals surface area contributed by atoms with E-state index >= 15 is 0 Å². The molecular formula is C16H14ClFOS. The van der Waals surface area contributed by atoms with Crippen molar-refractivity contribution in [2.45, 2.75) is 18.2 Å². The van der Waals surface area contributed by atoms with Gasteiger partial charge in [-0.1, -0.05) is 36.7 Å². The summed E-state index contributed by atoms with van der Waals surface area (Å²) in [6.45, 7) is 2.09. The number of hydrogen-bond donors (Lipinski definition) is 0. The maximum atomic E-state index is 13.1. The topological polar surface area (TPSA) is 17.1 Å². The van der Waals surface area contributed by atoms with E-state index in [4.69, 9.17) is 11.6 Å². The normalized spacial score (nSPS) is 10.6. The molecule has 0 bridgehead atoms. The predicted molar refractivity (Wildman–Crippen MR) is 82.3 cm³/mol. The molecule has 0 aliphatic carbocycles. The molecule has 0 saturated carbocycles. The largest absolute Gasteiger partial charge is 0.294 e. The Labute approximate surface area is 127 Å². The zero-order valence-corrected chi connectivity index (χ0v) is 12.6. The van der Waals surface area contributed by atoms with Crippen LogP contribution in [0.1, 0.15) is 22.8 Å². The van der Waals surface area contributed by atoms with Crippen molar-refractivity contribution in [2.75, 3.05) is 5.75 Å². The van der Waals surface area contributed by atoms with E-state index < -0.39 is 5.82 Å². The summed E-state index contributed by atoms with van der Waals surface area (Å²) < 4.78 is 13.1. The summed E-state index contributed by atoms with van der Waals surface area (Å²) in [4.78, 5) is 13.3. The van der Waals surface area contributed by atoms with Crippen LogP contribution >= 0.6 is 23.4 Å². The predicted octanol–water partition coefficient (Wildman–Crippen LogP) is 5.02. The van der Waals surface area contributed by atoms with Gasteiger partial charge in [0.25, 0.3) is 0 Å². The number of benzene rings is 2. The van der Waals surface area contributed by atoms with Gasteiger partial charge in [-0.3, -0.25) is 4.79 Å². The van der Waals surface area contributed by atoms with Crippen molar-refractivity contribution < 1.29 is 9.18 Å². The third-order valence-electron chi connectivity index (χ3n) is 2.84. The highest BCUT2D eigenvalue weighted by Crippen LogP contribution is 2.20. The molecule has 0 fully saturated rings. The molecule has 0 amide bonds. The van der Waals surface area contributed by atoms with Gasteiger partial charge in [-0.25, -0.2) is 4.39 Å². The molecule has 4 heteroatoms. The van der Waals surface area contributed by atoms with Crippen LogP contribution in [0.15, 0.2) is 47.4 Å². The monoisotopic (exact) mass is 308 g/mol. The van der Waals surface area contributed by atoms with Gasteiger partial charge >= 0.3 is 0 Å². The zero-order valence-electron chi connectivity index (χ0n) is 11.0. The number of ketones is 1. The zero-order chi connectivity index (χ0) is 14.5. The molecule has 0 N–H and O–H groups in total. The fraction of sp³-hybridized carbons (Fsp3) is 0.188. The van der Waals surface area contributed by atoms with Gasteiger partial charge in [-0.2, -0.15) is 0 Å². The van der Waals surface area contributed by atoms with Gasteiger partial charge in [-0.15, -0.1) is 11.8 Å². The molecule has 0 aliphatic heterocycles. The molecule has 20 heavy (non-hydrogen) atoms. The summed E-state index contributed by atoms with van der Waals surface area (Å²) in [5.74, 6) is 0.533. The SMILES string of the molecule is CCSc1ccc(C(=O)Cc2ccc(F)c(Cl)c2)cc1. The van der Waals surface area contributed by atoms with Gasteiger partial charge in [0.15, 0.2) is 5.78 Å². The van der Waals surface area contributed by atoms with Gasteiger partial charge in [0.1, 0.15) is 5.82 Å². The maximum Gasteiger partial charge on any atom is 0.167 e. The van der Waals surface area contributed by atoms with E-state index in [0.717, 1.165) is 10.6 Å². The molecule has 0 atom stereocenters. The Bertz CT molecular complexity index is 610. The number of thioether (sulfide) groups is 1. The Hall–Kier alpha value is -1.32. The third kappa shape index (κ3) is 3.84. The molecule has 0 spiro atoms. The number of carbonyl (C=O) groups is 1. The van der Waals surface area contributed by atoms with Gasteiger partial charge in [-0.05, 0) is 35.6 Å². The molecule has 0 aliphatic rings. The van der Waals surface area contributed by atoms with Crippen molar-refractivity contribution >= 4 is 29.1 Å². The van der Waals surface area contributed by atoms with Crippen molar-refractivity contribution in [3.63, 3.8) is 0 Å². The quantitative estimate of drug-likeness (QED) is 0.570. The molecule has 0 saturated heterocycles. The molecule has 2 aromatic rings. The lowest BCUT2D eigenvalue weighted by molar-refractivity contribution is 0.0993. The lowest BCUT2D eigenvalue weighted by Crippen LogP contribution is -2.03. The second-order valence-electron chi connectivity index (χ2n) is 4.31. The first-order chi connectivity index (χ1) is 9.60. The van der Waals surface area contributed by atoms with Crippen LogP contribution in [0.25, 0.3) is 0 Å². The molecule has 0 radical (unpaired) electrons. The van der Waals surface area contributed by atoms with Crippen LogP contribution in [0, 0.1) is 5.82 Å². The van der Waals surface area contributed by atoms with Gasteiger partial charge in [0.2, 0.25) is 0 Å². The van der Waals surface area contributed by atoms with Crippen LogP contribution in [0.4, 0.5) is 4.39 Å². The summed E-state index contributed by atoms with van der Waals surface area (Å²) in [7, 11) is 0. The molecule has 2 aromatic carbocycles. The molecule has 0 unspecified atom stereocenters. The average Bonchev–Trinajstić information content (AvgIpc) is 2.44. The summed E-state index contributed by atoms with van der Waals surface area (Å²) in [6.07, 6.45) is 0.222. The molecule has 104 valence electrons. The van der Waals surface area contributed by atoms with E-state index in [2.05, 4.69) is 6.92 Å². The molecule has 0 aromatic heterocycles. The summed E-state index contributed by atoms with van der Waals surface area (Å²) in [5, 5.41) is 0.0463. The number of carbonyl (C=O) groups excluding carboxylic acids is 1. The number of hydrogen-bond acceptors (Lipinski definition) is 2. The number of rotatable bonds is 5. The van der Waals surface area contributed by atoms with E-state index in [1.165, 1.54) is 12.1 Å². The Balaban J connectivity index is 2.09. The minimum Gasteiger partial charge on any atom is -0.294 e. The highest BCUT2D eigenvalue weighted by atomic mass is 35.5. The van der Waals surface area contributed by atoms with Crippen LogP contribution in [-0.2, 0) is 6.42 Å². The first-order valence-corrected chi connectivity index (χ1v) is 7.66. The van der Waals surface area contributed by atoms with E-state index in [0.29, 0.717) is 11.1 Å². The Kier molecular flexibility index (Phi) is 5.21. The summed E-state index contributed by atoms with van der Waals surface area (Å²) in [6, 6.07) is 11.9. The van der Waals surface area contributed by atoms with E-state index in [1.54, 1.807) is 17.8 Å². The average molecular weight is 309 g/mol. The molecule has 2 rings (SSSR count). The maximum absolute atomic E-state index is 13.1. The Morgan fingerprint density at radius 2 is 1.90 bits per heavy atom. The van der Waals surface area contributed by atoms with Crippen molar-refractivity contribution in [1.29, 1.82) is 0 Å². The van der Waals surface area contributed by atoms with Crippen LogP contribution in [0.2, 0.25) is 5.02 Å². The molecular weight excluding hydrogens is 295 g/mol. The standard InChI is InChI=1S/C16H14ClFOS/c1-2-20-13-6-4-12(5-7-13)16(19)10-11-3-8-15(18)14(17)9-11/h3-9H,2,10H2,1H3. The van der Waals surface area contributed by atoms with E-state index in [-0.39, 0.29) is 17.2 Å². The third-order valence-corrected chi connectivity index (χ3v) is 4.02. The van der Waals surface area contributed by atoms with Crippen LogP contribution in [-0.4, -0.2) is 11.5 Å².